The number of rotatable bonds is 12. The van der Waals surface area contributed by atoms with E-state index in [1.54, 1.807) is 41.3 Å². The third kappa shape index (κ3) is 8.44. The van der Waals surface area contributed by atoms with Crippen LogP contribution in [0.25, 0.3) is 0 Å². The van der Waals surface area contributed by atoms with Crippen LogP contribution in [0.4, 0.5) is 5.69 Å². The molecule has 4 aromatic carbocycles. The maximum absolute atomic E-state index is 14.6. The number of sulfonamides is 1. The fourth-order valence-electron chi connectivity index (χ4n) is 5.79. The Morgan fingerprint density at radius 3 is 2.00 bits per heavy atom. The number of carbonyl (C=O) groups is 2. The third-order valence-corrected chi connectivity index (χ3v) is 10.8. The summed E-state index contributed by atoms with van der Waals surface area (Å²) in [5.41, 5.74) is 4.00. The molecule has 0 aromatic heterocycles. The molecule has 7 nitrogen and oxygen atoms in total. The Labute approximate surface area is 280 Å². The molecule has 1 aliphatic carbocycles. The Kier molecular flexibility index (Phi) is 11.0. The Morgan fingerprint density at radius 1 is 0.804 bits per heavy atom. The number of amides is 2. The molecule has 0 saturated heterocycles. The van der Waals surface area contributed by atoms with Gasteiger partial charge in [0, 0.05) is 23.5 Å². The van der Waals surface area contributed by atoms with Gasteiger partial charge in [0.25, 0.3) is 10.0 Å². The predicted octanol–water partition coefficient (Wildman–Crippen LogP) is 6.96. The van der Waals surface area contributed by atoms with Gasteiger partial charge in [-0.2, -0.15) is 0 Å². The first-order valence-electron chi connectivity index (χ1n) is 15.6. The summed E-state index contributed by atoms with van der Waals surface area (Å²) in [5.74, 6) is -0.703. The van der Waals surface area contributed by atoms with E-state index in [4.69, 9.17) is 0 Å². The predicted molar refractivity (Wildman–Crippen MR) is 186 cm³/mol. The van der Waals surface area contributed by atoms with E-state index in [0.717, 1.165) is 56.7 Å². The van der Waals surface area contributed by atoms with Gasteiger partial charge in [-0.3, -0.25) is 13.9 Å². The summed E-state index contributed by atoms with van der Waals surface area (Å²) >= 11 is 3.48. The topological polar surface area (TPSA) is 86.8 Å². The van der Waals surface area contributed by atoms with Crippen LogP contribution >= 0.6 is 15.9 Å². The van der Waals surface area contributed by atoms with Crippen molar-refractivity contribution < 1.29 is 18.0 Å². The first-order valence-corrected chi connectivity index (χ1v) is 17.9. The lowest BCUT2D eigenvalue weighted by atomic mass is 10.0. The first kappa shape index (κ1) is 33.4. The van der Waals surface area contributed by atoms with Crippen molar-refractivity contribution in [2.45, 2.75) is 69.5 Å². The van der Waals surface area contributed by atoms with Gasteiger partial charge in [0.15, 0.2) is 0 Å². The van der Waals surface area contributed by atoms with Gasteiger partial charge in [-0.05, 0) is 74.2 Å². The van der Waals surface area contributed by atoms with Crippen molar-refractivity contribution in [2.24, 2.45) is 0 Å². The highest BCUT2D eigenvalue weighted by Crippen LogP contribution is 2.26. The molecule has 2 amide bonds. The zero-order valence-corrected chi connectivity index (χ0v) is 28.6. The Balaban J connectivity index is 1.55. The number of nitrogens with zero attached hydrogens (tertiary/aromatic N) is 2. The molecule has 1 aliphatic rings. The molecule has 9 heteroatoms. The van der Waals surface area contributed by atoms with E-state index in [9.17, 15) is 18.0 Å². The van der Waals surface area contributed by atoms with Crippen molar-refractivity contribution >= 4 is 43.5 Å². The van der Waals surface area contributed by atoms with Crippen molar-refractivity contribution in [3.05, 3.63) is 130 Å². The normalized spacial score (nSPS) is 14.1. The number of benzene rings is 4. The van der Waals surface area contributed by atoms with E-state index in [1.165, 1.54) is 0 Å². The smallest absolute Gasteiger partial charge is 0.264 e. The fraction of sp³-hybridized carbons (Fsp3) is 0.297. The molecule has 4 aromatic rings. The van der Waals surface area contributed by atoms with Crippen LogP contribution < -0.4 is 9.62 Å². The molecule has 1 fully saturated rings. The van der Waals surface area contributed by atoms with E-state index in [0.29, 0.717) is 5.69 Å². The molecule has 5 rings (SSSR count). The number of halogens is 1. The van der Waals surface area contributed by atoms with Crippen LogP contribution in [0, 0.1) is 13.8 Å². The fourth-order valence-corrected chi connectivity index (χ4v) is 7.46. The molecule has 0 unspecified atom stereocenters. The summed E-state index contributed by atoms with van der Waals surface area (Å²) in [6.45, 7) is 3.47. The van der Waals surface area contributed by atoms with E-state index in [2.05, 4.69) is 21.2 Å². The van der Waals surface area contributed by atoms with E-state index in [1.807, 2.05) is 80.6 Å². The summed E-state index contributed by atoms with van der Waals surface area (Å²) in [5, 5.41) is 3.21. The average Bonchev–Trinajstić information content (AvgIpc) is 3.56. The summed E-state index contributed by atoms with van der Waals surface area (Å²) in [4.78, 5) is 30.3. The molecule has 1 saturated carbocycles. The highest BCUT2D eigenvalue weighted by atomic mass is 79.9. The largest absolute Gasteiger partial charge is 0.352 e. The number of aryl methyl sites for hydroxylation is 2. The van der Waals surface area contributed by atoms with Crippen molar-refractivity contribution in [1.82, 2.24) is 10.2 Å². The number of anilines is 1. The van der Waals surface area contributed by atoms with Gasteiger partial charge in [0.1, 0.15) is 12.6 Å². The maximum atomic E-state index is 14.6. The minimum Gasteiger partial charge on any atom is -0.352 e. The van der Waals surface area contributed by atoms with Crippen LogP contribution in [0.15, 0.2) is 112 Å². The minimum atomic E-state index is -4.14. The highest BCUT2D eigenvalue weighted by molar-refractivity contribution is 9.10. The third-order valence-electron chi connectivity index (χ3n) is 8.45. The number of hydrogen-bond donors (Lipinski definition) is 1. The Morgan fingerprint density at radius 2 is 1.39 bits per heavy atom. The van der Waals surface area contributed by atoms with Crippen LogP contribution in [0.5, 0.6) is 0 Å². The minimum absolute atomic E-state index is 0.0568. The number of carbonyl (C=O) groups excluding carboxylic acids is 2. The standard InChI is InChI=1S/C37H40BrN3O4S/c1-27-12-20-33(21-13-27)41(46(44,45)34-22-14-28(2)15-23-34)26-36(42)40(25-30-16-18-31(38)19-17-30)35(24-29-8-4-3-5-9-29)37(43)39-32-10-6-7-11-32/h3-5,8-9,12-23,32,35H,6-7,10-11,24-26H2,1-2H3,(H,39,43)/t35-/m1/s1. The molecule has 1 N–H and O–H groups in total. The summed E-state index contributed by atoms with van der Waals surface area (Å²) < 4.78 is 30.4. The lowest BCUT2D eigenvalue weighted by molar-refractivity contribution is -0.140. The van der Waals surface area contributed by atoms with E-state index >= 15 is 0 Å². The SMILES string of the molecule is Cc1ccc(N(CC(=O)N(Cc2ccc(Br)cc2)[C@H](Cc2ccccc2)C(=O)NC2CCCC2)S(=O)(=O)c2ccc(C)cc2)cc1. The number of hydrogen-bond acceptors (Lipinski definition) is 4. The molecule has 0 radical (unpaired) electrons. The quantitative estimate of drug-likeness (QED) is 0.173. The van der Waals surface area contributed by atoms with Crippen LogP contribution in [0.1, 0.15) is 47.9 Å². The van der Waals surface area contributed by atoms with Crippen LogP contribution in [0.3, 0.4) is 0 Å². The van der Waals surface area contributed by atoms with Crippen LogP contribution in [-0.2, 0) is 32.6 Å². The molecule has 240 valence electrons. The van der Waals surface area contributed by atoms with Gasteiger partial charge in [0.05, 0.1) is 10.6 Å². The molecule has 0 spiro atoms. The monoisotopic (exact) mass is 701 g/mol. The van der Waals surface area contributed by atoms with Crippen molar-refractivity contribution in [2.75, 3.05) is 10.8 Å². The van der Waals surface area contributed by atoms with Crippen molar-refractivity contribution in [1.29, 1.82) is 0 Å². The maximum Gasteiger partial charge on any atom is 0.264 e. The van der Waals surface area contributed by atoms with Gasteiger partial charge in [-0.25, -0.2) is 8.42 Å². The molecular formula is C37H40BrN3O4S. The summed E-state index contributed by atoms with van der Waals surface area (Å²) in [7, 11) is -4.14. The molecule has 0 heterocycles. The number of nitrogens with one attached hydrogen (secondary N) is 1. The van der Waals surface area contributed by atoms with Crippen LogP contribution in [0.2, 0.25) is 0 Å². The van der Waals surface area contributed by atoms with Gasteiger partial charge in [-0.15, -0.1) is 0 Å². The molecular weight excluding hydrogens is 662 g/mol. The lowest BCUT2D eigenvalue weighted by Crippen LogP contribution is -2.54. The summed E-state index contributed by atoms with van der Waals surface area (Å²) in [6.07, 6.45) is 4.20. The van der Waals surface area contributed by atoms with Crippen molar-refractivity contribution in [3.8, 4) is 0 Å². The van der Waals surface area contributed by atoms with Gasteiger partial charge < -0.3 is 10.2 Å². The van der Waals surface area contributed by atoms with E-state index in [-0.39, 0.29) is 29.8 Å². The van der Waals surface area contributed by atoms with Gasteiger partial charge >= 0.3 is 0 Å². The lowest BCUT2D eigenvalue weighted by Gasteiger charge is -2.34. The van der Waals surface area contributed by atoms with Crippen LogP contribution in [-0.4, -0.2) is 43.8 Å². The van der Waals surface area contributed by atoms with Gasteiger partial charge in [0.2, 0.25) is 11.8 Å². The first-order chi connectivity index (χ1) is 22.1. The second-order valence-corrected chi connectivity index (χ2v) is 14.8. The van der Waals surface area contributed by atoms with Crippen molar-refractivity contribution in [3.63, 3.8) is 0 Å². The Bertz CT molecular complexity index is 1720. The molecule has 46 heavy (non-hydrogen) atoms. The zero-order chi connectivity index (χ0) is 32.7. The summed E-state index contributed by atoms with van der Waals surface area (Å²) in [6, 6.07) is 30.1. The molecule has 1 atom stereocenters. The second kappa shape index (κ2) is 15.1. The Hall–Kier alpha value is -3.95. The molecule has 0 bridgehead atoms. The zero-order valence-electron chi connectivity index (χ0n) is 26.2. The van der Waals surface area contributed by atoms with Gasteiger partial charge in [-0.1, -0.05) is 107 Å². The molecule has 0 aliphatic heterocycles. The van der Waals surface area contributed by atoms with E-state index < -0.39 is 28.5 Å². The average molecular weight is 703 g/mol. The second-order valence-electron chi connectivity index (χ2n) is 12.0. The highest BCUT2D eigenvalue weighted by Gasteiger charge is 2.35.